The second kappa shape index (κ2) is 7.12. The molecule has 2 nitrogen and oxygen atoms in total. The van der Waals surface area contributed by atoms with Crippen molar-refractivity contribution < 1.29 is 0 Å². The molecule has 3 atom stereocenters. The minimum Gasteiger partial charge on any atom is -0.369 e. The molecule has 0 spiro atoms. The molecule has 1 fully saturated rings. The quantitative estimate of drug-likeness (QED) is 0.857. The number of anilines is 1. The molecule has 3 unspecified atom stereocenters. The zero-order valence-electron chi connectivity index (χ0n) is 13.5. The van der Waals surface area contributed by atoms with Crippen LogP contribution < -0.4 is 10.2 Å². The van der Waals surface area contributed by atoms with E-state index in [1.165, 1.54) is 37.1 Å². The Kier molecular flexibility index (Phi) is 5.47. The summed E-state index contributed by atoms with van der Waals surface area (Å²) in [6.45, 7) is 11.5. The van der Waals surface area contributed by atoms with E-state index in [0.29, 0.717) is 12.1 Å². The summed E-state index contributed by atoms with van der Waals surface area (Å²) >= 11 is 0. The van der Waals surface area contributed by atoms with Crippen LogP contribution in [0.5, 0.6) is 0 Å². The topological polar surface area (TPSA) is 15.3 Å². The van der Waals surface area contributed by atoms with Crippen molar-refractivity contribution >= 4 is 5.69 Å². The molecule has 0 bridgehead atoms. The summed E-state index contributed by atoms with van der Waals surface area (Å²) in [5.74, 6) is 0.800. The van der Waals surface area contributed by atoms with E-state index in [0.717, 1.165) is 12.5 Å². The van der Waals surface area contributed by atoms with E-state index in [4.69, 9.17) is 0 Å². The van der Waals surface area contributed by atoms with Crippen LogP contribution in [-0.2, 0) is 0 Å². The molecule has 1 aliphatic heterocycles. The molecular formula is C18H30N2. The van der Waals surface area contributed by atoms with Crippen LogP contribution in [0.1, 0.15) is 58.6 Å². The number of hydrogen-bond donors (Lipinski definition) is 1. The molecule has 1 aliphatic rings. The molecule has 0 saturated carbocycles. The van der Waals surface area contributed by atoms with Crippen LogP contribution in [0.25, 0.3) is 0 Å². The lowest BCUT2D eigenvalue weighted by molar-refractivity contribution is 0.363. The van der Waals surface area contributed by atoms with Crippen LogP contribution in [0.3, 0.4) is 0 Å². The molecule has 20 heavy (non-hydrogen) atoms. The van der Waals surface area contributed by atoms with Gasteiger partial charge in [0, 0.05) is 24.3 Å². The van der Waals surface area contributed by atoms with Crippen molar-refractivity contribution in [3.05, 3.63) is 29.8 Å². The first-order chi connectivity index (χ1) is 9.63. The van der Waals surface area contributed by atoms with Gasteiger partial charge in [-0.15, -0.1) is 0 Å². The third-order valence-corrected chi connectivity index (χ3v) is 4.80. The van der Waals surface area contributed by atoms with Crippen molar-refractivity contribution in [2.24, 2.45) is 5.92 Å². The van der Waals surface area contributed by atoms with Gasteiger partial charge in [-0.3, -0.25) is 0 Å². The smallest absolute Gasteiger partial charge is 0.0368 e. The Morgan fingerprint density at radius 3 is 2.60 bits per heavy atom. The van der Waals surface area contributed by atoms with Crippen LogP contribution in [0.4, 0.5) is 5.69 Å². The number of hydrogen-bond acceptors (Lipinski definition) is 2. The molecule has 0 aliphatic carbocycles. The van der Waals surface area contributed by atoms with Crippen LogP contribution in [0.2, 0.25) is 0 Å². The maximum absolute atomic E-state index is 3.55. The number of piperidine rings is 1. The fourth-order valence-corrected chi connectivity index (χ4v) is 3.13. The molecule has 1 aromatic rings. The standard InChI is InChI=1S/C18H30N2/c1-5-12-19-15(3)17-8-10-18(11-9-17)20-13-6-7-14(2)16(20)4/h8-11,14-16,19H,5-7,12-13H2,1-4H3. The van der Waals surface area contributed by atoms with Crippen molar-refractivity contribution in [3.63, 3.8) is 0 Å². The SMILES string of the molecule is CCCNC(C)c1ccc(N2CCCC(C)C2C)cc1. The monoisotopic (exact) mass is 274 g/mol. The first-order valence-corrected chi connectivity index (χ1v) is 8.23. The average molecular weight is 274 g/mol. The molecular weight excluding hydrogens is 244 g/mol. The highest BCUT2D eigenvalue weighted by atomic mass is 15.2. The lowest BCUT2D eigenvalue weighted by atomic mass is 9.91. The Balaban J connectivity index is 2.04. The largest absolute Gasteiger partial charge is 0.369 e. The molecule has 0 aromatic heterocycles. The van der Waals surface area contributed by atoms with Gasteiger partial charge in [0.05, 0.1) is 0 Å². The zero-order valence-corrected chi connectivity index (χ0v) is 13.5. The van der Waals surface area contributed by atoms with Gasteiger partial charge >= 0.3 is 0 Å². The Morgan fingerprint density at radius 1 is 1.25 bits per heavy atom. The van der Waals surface area contributed by atoms with E-state index in [9.17, 15) is 0 Å². The Morgan fingerprint density at radius 2 is 1.95 bits per heavy atom. The summed E-state index contributed by atoms with van der Waals surface area (Å²) in [6, 6.07) is 10.3. The summed E-state index contributed by atoms with van der Waals surface area (Å²) in [7, 11) is 0. The predicted molar refractivity (Wildman–Crippen MR) is 88.4 cm³/mol. The summed E-state index contributed by atoms with van der Waals surface area (Å²) in [4.78, 5) is 2.57. The van der Waals surface area contributed by atoms with Gasteiger partial charge in [-0.05, 0) is 63.3 Å². The Labute approximate surface area is 124 Å². The van der Waals surface area contributed by atoms with Crippen molar-refractivity contribution in [1.29, 1.82) is 0 Å². The lowest BCUT2D eigenvalue weighted by Crippen LogP contribution is -2.42. The lowest BCUT2D eigenvalue weighted by Gasteiger charge is -2.39. The third-order valence-electron chi connectivity index (χ3n) is 4.80. The van der Waals surface area contributed by atoms with E-state index < -0.39 is 0 Å². The molecule has 1 aromatic carbocycles. The van der Waals surface area contributed by atoms with Crippen LogP contribution in [0, 0.1) is 5.92 Å². The first-order valence-electron chi connectivity index (χ1n) is 8.23. The van der Waals surface area contributed by atoms with Gasteiger partial charge in [0.1, 0.15) is 0 Å². The highest BCUT2D eigenvalue weighted by molar-refractivity contribution is 5.49. The van der Waals surface area contributed by atoms with Gasteiger partial charge in [0.15, 0.2) is 0 Å². The normalized spacial score (nSPS) is 24.7. The van der Waals surface area contributed by atoms with E-state index >= 15 is 0 Å². The molecule has 1 N–H and O–H groups in total. The highest BCUT2D eigenvalue weighted by Crippen LogP contribution is 2.29. The van der Waals surface area contributed by atoms with Crippen LogP contribution in [-0.4, -0.2) is 19.1 Å². The van der Waals surface area contributed by atoms with E-state index in [-0.39, 0.29) is 0 Å². The summed E-state index contributed by atoms with van der Waals surface area (Å²) < 4.78 is 0. The minimum absolute atomic E-state index is 0.446. The fraction of sp³-hybridized carbons (Fsp3) is 0.667. The zero-order chi connectivity index (χ0) is 14.5. The van der Waals surface area contributed by atoms with E-state index in [2.05, 4.69) is 62.2 Å². The molecule has 1 heterocycles. The molecule has 2 heteroatoms. The molecule has 0 amide bonds. The number of rotatable bonds is 5. The van der Waals surface area contributed by atoms with Gasteiger partial charge < -0.3 is 10.2 Å². The van der Waals surface area contributed by atoms with Crippen LogP contribution >= 0.6 is 0 Å². The van der Waals surface area contributed by atoms with Crippen molar-refractivity contribution in [3.8, 4) is 0 Å². The second-order valence-corrected chi connectivity index (χ2v) is 6.32. The first kappa shape index (κ1) is 15.4. The van der Waals surface area contributed by atoms with Gasteiger partial charge in [-0.25, -0.2) is 0 Å². The van der Waals surface area contributed by atoms with Gasteiger partial charge in [-0.2, -0.15) is 0 Å². The van der Waals surface area contributed by atoms with Crippen molar-refractivity contribution in [1.82, 2.24) is 5.32 Å². The van der Waals surface area contributed by atoms with E-state index in [1.54, 1.807) is 0 Å². The summed E-state index contributed by atoms with van der Waals surface area (Å²) in [5, 5.41) is 3.55. The highest BCUT2D eigenvalue weighted by Gasteiger charge is 2.24. The van der Waals surface area contributed by atoms with Crippen molar-refractivity contribution in [2.45, 2.75) is 59.0 Å². The second-order valence-electron chi connectivity index (χ2n) is 6.32. The summed E-state index contributed by atoms with van der Waals surface area (Å²) in [6.07, 6.45) is 3.88. The summed E-state index contributed by atoms with van der Waals surface area (Å²) in [5.41, 5.74) is 2.77. The van der Waals surface area contributed by atoms with Gasteiger partial charge in [-0.1, -0.05) is 26.0 Å². The molecule has 0 radical (unpaired) electrons. The number of nitrogens with zero attached hydrogens (tertiary/aromatic N) is 1. The molecule has 2 rings (SSSR count). The van der Waals surface area contributed by atoms with E-state index in [1.807, 2.05) is 0 Å². The average Bonchev–Trinajstić information content (AvgIpc) is 2.48. The predicted octanol–water partition coefficient (Wildman–Crippen LogP) is 4.37. The Hall–Kier alpha value is -1.02. The third kappa shape index (κ3) is 3.54. The molecule has 112 valence electrons. The Bertz CT molecular complexity index is 398. The van der Waals surface area contributed by atoms with Crippen molar-refractivity contribution in [2.75, 3.05) is 18.0 Å². The minimum atomic E-state index is 0.446. The number of benzene rings is 1. The maximum Gasteiger partial charge on any atom is 0.0368 e. The van der Waals surface area contributed by atoms with Gasteiger partial charge in [0.25, 0.3) is 0 Å². The maximum atomic E-state index is 3.55. The fourth-order valence-electron chi connectivity index (χ4n) is 3.13. The van der Waals surface area contributed by atoms with Gasteiger partial charge in [0.2, 0.25) is 0 Å². The van der Waals surface area contributed by atoms with Crippen LogP contribution in [0.15, 0.2) is 24.3 Å². The molecule has 1 saturated heterocycles. The number of nitrogens with one attached hydrogen (secondary N) is 1.